The standard InChI is InChI=1S/C44H39ClFN3O8/c1-56-36-21-25(22-37(57-2)39(36)51)5-18-34-31-16-17-32-38(42(54)48(40(32)52)20-19-24-3-14-30(50)15-4-24)33(31)23-35-41(53)49(47-29-12-10-28(46)11-13-29)43(55)44(34,35)26-6-8-27(45)9-7-26/h3-16,18,21-22,32-35,38,47,50-51H,17,19-20,23H2,1-2H3. The van der Waals surface area contributed by atoms with E-state index in [0.29, 0.717) is 28.3 Å². The molecule has 4 amide bonds. The fraction of sp³-hybridized carbons (Fsp3) is 0.273. The van der Waals surface area contributed by atoms with Crippen LogP contribution in [-0.2, 0) is 31.0 Å². The first-order chi connectivity index (χ1) is 27.5. The van der Waals surface area contributed by atoms with Crippen molar-refractivity contribution in [3.8, 4) is 23.0 Å². The monoisotopic (exact) mass is 791 g/mol. The number of halogens is 2. The van der Waals surface area contributed by atoms with Gasteiger partial charge in [0.15, 0.2) is 11.5 Å². The molecule has 2 heterocycles. The number of allylic oxidation sites excluding steroid dienone is 3. The quantitative estimate of drug-likeness (QED) is 0.118. The second-order valence-electron chi connectivity index (χ2n) is 14.8. The lowest BCUT2D eigenvalue weighted by molar-refractivity contribution is -0.141. The maximum atomic E-state index is 15.3. The molecule has 4 aromatic rings. The third kappa shape index (κ3) is 6.28. The van der Waals surface area contributed by atoms with E-state index in [9.17, 15) is 29.0 Å². The first kappa shape index (κ1) is 37.8. The van der Waals surface area contributed by atoms with Crippen LogP contribution >= 0.6 is 11.6 Å². The number of benzene rings is 4. The van der Waals surface area contributed by atoms with Gasteiger partial charge in [-0.3, -0.25) is 29.5 Å². The van der Waals surface area contributed by atoms with E-state index < -0.39 is 52.6 Å². The zero-order chi connectivity index (χ0) is 40.2. The number of ether oxygens (including phenoxy) is 2. The van der Waals surface area contributed by atoms with Gasteiger partial charge in [0.2, 0.25) is 17.6 Å². The molecular weight excluding hydrogens is 753 g/mol. The summed E-state index contributed by atoms with van der Waals surface area (Å²) in [6.45, 7) is 0.149. The summed E-state index contributed by atoms with van der Waals surface area (Å²) in [4.78, 5) is 59.8. The number of carbonyl (C=O) groups excluding carboxylic acids is 4. The molecule has 4 aliphatic rings. The van der Waals surface area contributed by atoms with Gasteiger partial charge in [-0.15, -0.1) is 0 Å². The van der Waals surface area contributed by atoms with Crippen molar-refractivity contribution in [2.45, 2.75) is 24.7 Å². The van der Waals surface area contributed by atoms with Crippen LogP contribution in [0.15, 0.2) is 103 Å². The van der Waals surface area contributed by atoms with Crippen molar-refractivity contribution in [3.05, 3.63) is 130 Å². The molecule has 2 aliphatic heterocycles. The number of hydrogen-bond donors (Lipinski definition) is 3. The van der Waals surface area contributed by atoms with Gasteiger partial charge in [0.1, 0.15) is 11.6 Å². The summed E-state index contributed by atoms with van der Waals surface area (Å²) in [6, 6.07) is 21.9. The maximum Gasteiger partial charge on any atom is 0.260 e. The van der Waals surface area contributed by atoms with Crippen LogP contribution in [0.1, 0.15) is 29.5 Å². The molecule has 2 saturated heterocycles. The molecule has 13 heteroatoms. The lowest BCUT2D eigenvalue weighted by atomic mass is 9.50. The Bertz CT molecular complexity index is 2310. The molecule has 292 valence electrons. The third-order valence-corrected chi connectivity index (χ3v) is 12.2. The van der Waals surface area contributed by atoms with E-state index in [-0.39, 0.29) is 54.2 Å². The molecule has 6 unspecified atom stereocenters. The fourth-order valence-electron chi connectivity index (χ4n) is 9.31. The second-order valence-corrected chi connectivity index (χ2v) is 15.2. The Balaban J connectivity index is 1.25. The molecular formula is C44H39ClFN3O8. The average molecular weight is 792 g/mol. The average Bonchev–Trinajstić information content (AvgIpc) is 3.58. The lowest BCUT2D eigenvalue weighted by Crippen LogP contribution is -2.54. The number of anilines is 1. The molecule has 2 aliphatic carbocycles. The van der Waals surface area contributed by atoms with Crippen LogP contribution in [0.25, 0.3) is 6.08 Å². The van der Waals surface area contributed by atoms with E-state index in [2.05, 4.69) is 5.43 Å². The first-order valence-corrected chi connectivity index (χ1v) is 19.0. The Hall–Kier alpha value is -6.14. The highest BCUT2D eigenvalue weighted by Gasteiger charge is 2.69. The third-order valence-electron chi connectivity index (χ3n) is 12.0. The summed E-state index contributed by atoms with van der Waals surface area (Å²) in [5.74, 6) is -5.77. The molecule has 11 nitrogen and oxygen atoms in total. The summed E-state index contributed by atoms with van der Waals surface area (Å²) in [7, 11) is 2.83. The highest BCUT2D eigenvalue weighted by atomic mass is 35.5. The molecule has 0 bridgehead atoms. The van der Waals surface area contributed by atoms with Gasteiger partial charge in [0.25, 0.3) is 11.8 Å². The predicted molar refractivity (Wildman–Crippen MR) is 209 cm³/mol. The summed E-state index contributed by atoms with van der Waals surface area (Å²) in [6.07, 6.45) is 6.29. The largest absolute Gasteiger partial charge is 0.508 e. The number of phenolic OH excluding ortho intramolecular Hbond substituents is 2. The van der Waals surface area contributed by atoms with E-state index in [1.807, 2.05) is 12.2 Å². The van der Waals surface area contributed by atoms with Crippen LogP contribution in [0.3, 0.4) is 0 Å². The number of nitrogens with one attached hydrogen (secondary N) is 1. The minimum Gasteiger partial charge on any atom is -0.508 e. The molecule has 0 radical (unpaired) electrons. The van der Waals surface area contributed by atoms with Crippen LogP contribution < -0.4 is 14.9 Å². The number of likely N-dealkylation sites (tertiary alicyclic amines) is 1. The number of hydrazine groups is 1. The number of aromatic hydroxyl groups is 2. The summed E-state index contributed by atoms with van der Waals surface area (Å²) >= 11 is 6.38. The highest BCUT2D eigenvalue weighted by molar-refractivity contribution is 6.30. The normalized spacial score (nSPS) is 25.3. The Morgan fingerprint density at radius 3 is 2.19 bits per heavy atom. The Morgan fingerprint density at radius 1 is 0.877 bits per heavy atom. The van der Waals surface area contributed by atoms with Crippen molar-refractivity contribution < 1.29 is 43.3 Å². The number of carbonyl (C=O) groups is 4. The molecule has 3 fully saturated rings. The van der Waals surface area contributed by atoms with Crippen LogP contribution in [0, 0.1) is 35.4 Å². The van der Waals surface area contributed by atoms with Crippen LogP contribution in [0.2, 0.25) is 5.02 Å². The van der Waals surface area contributed by atoms with Crippen molar-refractivity contribution in [2.24, 2.45) is 29.6 Å². The number of rotatable bonds is 10. The van der Waals surface area contributed by atoms with Crippen molar-refractivity contribution in [2.75, 3.05) is 26.2 Å². The molecule has 1 saturated carbocycles. The first-order valence-electron chi connectivity index (χ1n) is 18.6. The minimum atomic E-state index is -1.55. The van der Waals surface area contributed by atoms with Crippen LogP contribution in [0.4, 0.5) is 10.1 Å². The van der Waals surface area contributed by atoms with Crippen LogP contribution in [-0.4, -0.2) is 64.5 Å². The minimum absolute atomic E-state index is 0.0951. The number of methoxy groups -OCH3 is 2. The van der Waals surface area contributed by atoms with Gasteiger partial charge in [-0.05, 0) is 103 Å². The van der Waals surface area contributed by atoms with E-state index in [0.717, 1.165) is 16.1 Å². The number of phenols is 2. The van der Waals surface area contributed by atoms with E-state index in [1.165, 1.54) is 43.4 Å². The van der Waals surface area contributed by atoms with Gasteiger partial charge in [0.05, 0.1) is 43.1 Å². The van der Waals surface area contributed by atoms with Gasteiger partial charge in [-0.25, -0.2) is 4.39 Å². The number of amides is 4. The maximum absolute atomic E-state index is 15.3. The van der Waals surface area contributed by atoms with Gasteiger partial charge >= 0.3 is 0 Å². The lowest BCUT2D eigenvalue weighted by Gasteiger charge is -2.49. The van der Waals surface area contributed by atoms with Crippen molar-refractivity contribution in [1.82, 2.24) is 9.91 Å². The van der Waals surface area contributed by atoms with Gasteiger partial charge in [-0.1, -0.05) is 59.7 Å². The summed E-state index contributed by atoms with van der Waals surface area (Å²) in [5, 5.41) is 21.8. The molecule has 8 rings (SSSR count). The second kappa shape index (κ2) is 14.7. The van der Waals surface area contributed by atoms with E-state index >= 15 is 4.79 Å². The Kier molecular flexibility index (Phi) is 9.77. The SMILES string of the molecule is COc1cc(C=CC2C3=CCC4C(=O)N(CCc5ccc(O)cc5)C(=O)C4C3CC3C(=O)N(Nc4ccc(F)cc4)C(=O)C23c2ccc(Cl)cc2)cc(OC)c1O. The van der Waals surface area contributed by atoms with Gasteiger partial charge in [0, 0.05) is 17.5 Å². The zero-order valence-electron chi connectivity index (χ0n) is 31.0. The zero-order valence-corrected chi connectivity index (χ0v) is 31.8. The van der Waals surface area contributed by atoms with Gasteiger partial charge in [-0.2, -0.15) is 5.01 Å². The Morgan fingerprint density at radius 2 is 1.54 bits per heavy atom. The molecule has 4 aromatic carbocycles. The summed E-state index contributed by atoms with van der Waals surface area (Å²) in [5.41, 5.74) is 4.40. The molecule has 3 N–H and O–H groups in total. The topological polar surface area (TPSA) is 146 Å². The van der Waals surface area contributed by atoms with E-state index in [1.54, 1.807) is 66.7 Å². The number of nitrogens with zero attached hydrogens (tertiary/aromatic N) is 2. The van der Waals surface area contributed by atoms with Gasteiger partial charge < -0.3 is 19.7 Å². The summed E-state index contributed by atoms with van der Waals surface area (Å²) < 4.78 is 24.7. The number of imide groups is 2. The molecule has 57 heavy (non-hydrogen) atoms. The fourth-order valence-corrected chi connectivity index (χ4v) is 9.43. The molecule has 0 aromatic heterocycles. The highest BCUT2D eigenvalue weighted by Crippen LogP contribution is 2.61. The van der Waals surface area contributed by atoms with Crippen LogP contribution in [0.5, 0.6) is 23.0 Å². The number of hydrogen-bond acceptors (Lipinski definition) is 9. The number of fused-ring (bicyclic) bond motifs is 4. The van der Waals surface area contributed by atoms with Crippen molar-refractivity contribution in [1.29, 1.82) is 0 Å². The van der Waals surface area contributed by atoms with Crippen molar-refractivity contribution in [3.63, 3.8) is 0 Å². The smallest absolute Gasteiger partial charge is 0.260 e. The van der Waals surface area contributed by atoms with E-state index in [4.69, 9.17) is 21.1 Å². The predicted octanol–water partition coefficient (Wildman–Crippen LogP) is 6.68. The Labute approximate surface area is 332 Å². The molecule has 6 atom stereocenters. The van der Waals surface area contributed by atoms with Crippen molar-refractivity contribution >= 4 is 47.0 Å². The molecule has 0 spiro atoms.